The second kappa shape index (κ2) is 2.81. The molecule has 0 aliphatic rings. The Hall–Kier alpha value is -0.995. The Kier molecular flexibility index (Phi) is 1.79. The Bertz CT molecular complexity index is 410. The van der Waals surface area contributed by atoms with Crippen LogP contribution < -0.4 is 5.46 Å². The van der Waals surface area contributed by atoms with Gasteiger partial charge in [0.1, 0.15) is 5.75 Å². The van der Waals surface area contributed by atoms with Crippen LogP contribution in [0.1, 0.15) is 0 Å². The molecule has 0 amide bonds. The molecule has 2 N–H and O–H groups in total. The molecule has 60 valence electrons. The molecule has 2 aromatic rings. The van der Waals surface area contributed by atoms with Crippen molar-refractivity contribution in [2.24, 2.45) is 0 Å². The molecule has 12 heavy (non-hydrogen) atoms. The van der Waals surface area contributed by atoms with Crippen molar-refractivity contribution in [3.63, 3.8) is 0 Å². The van der Waals surface area contributed by atoms with Crippen LogP contribution in [0.5, 0.6) is 5.75 Å². The maximum atomic E-state index is 9.59. The zero-order valence-corrected chi connectivity index (χ0v) is 7.14. The first-order chi connectivity index (χ1) is 5.83. The summed E-state index contributed by atoms with van der Waals surface area (Å²) in [5.74, 6) is 0.205. The van der Waals surface area contributed by atoms with E-state index < -0.39 is 0 Å². The minimum Gasteiger partial charge on any atom is -0.508 e. The highest BCUT2D eigenvalue weighted by Gasteiger charge is 2.06. The fourth-order valence-electron chi connectivity index (χ4n) is 1.20. The zero-order chi connectivity index (χ0) is 8.55. The van der Waals surface area contributed by atoms with Crippen molar-refractivity contribution in [3.8, 4) is 5.75 Å². The predicted molar refractivity (Wildman–Crippen MR) is 52.5 cm³/mol. The molecule has 0 radical (unpaired) electrons. The molecule has 0 fully saturated rings. The van der Waals surface area contributed by atoms with Crippen LogP contribution in [0.15, 0.2) is 23.6 Å². The summed E-state index contributed by atoms with van der Waals surface area (Å²) in [7, 11) is -0.113. The van der Waals surface area contributed by atoms with E-state index in [1.807, 2.05) is 17.5 Å². The zero-order valence-electron chi connectivity index (χ0n) is 6.32. The van der Waals surface area contributed by atoms with E-state index in [-0.39, 0.29) is 13.2 Å². The molecule has 4 heteroatoms. The first-order valence-corrected chi connectivity index (χ1v) is 4.50. The summed E-state index contributed by atoms with van der Waals surface area (Å²) in [6.45, 7) is 0. The van der Waals surface area contributed by atoms with Gasteiger partial charge in [0.2, 0.25) is 0 Å². The first-order valence-electron chi connectivity index (χ1n) is 3.62. The minimum atomic E-state index is -0.113. The van der Waals surface area contributed by atoms with Crippen molar-refractivity contribution in [1.29, 1.82) is 0 Å². The second-order valence-corrected chi connectivity index (χ2v) is 3.51. The third-order valence-electron chi connectivity index (χ3n) is 1.86. The maximum Gasteiger partial charge on any atom is 0.308 e. The van der Waals surface area contributed by atoms with E-state index in [4.69, 9.17) is 5.02 Å². The van der Waals surface area contributed by atoms with E-state index in [1.54, 1.807) is 17.4 Å². The molecule has 1 aromatic heterocycles. The van der Waals surface area contributed by atoms with Crippen molar-refractivity contribution >= 4 is 34.4 Å². The van der Waals surface area contributed by atoms with E-state index >= 15 is 0 Å². The minimum absolute atomic E-state index is 0.113. The quantitative estimate of drug-likeness (QED) is 0.627. The summed E-state index contributed by atoms with van der Waals surface area (Å²) in [6, 6.07) is 5.51. The fourth-order valence-corrected chi connectivity index (χ4v) is 1.99. The molecule has 0 saturated carbocycles. The Labute approximate surface area is 74.4 Å². The second-order valence-electron chi connectivity index (χ2n) is 2.56. The van der Waals surface area contributed by atoms with Crippen LogP contribution in [0.3, 0.4) is 0 Å². The lowest BCUT2D eigenvalue weighted by molar-refractivity contribution is 0.484. The fraction of sp³-hybridized carbons (Fsp3) is 0. The van der Waals surface area contributed by atoms with Crippen LogP contribution in [-0.2, 0) is 0 Å². The van der Waals surface area contributed by atoms with Crippen LogP contribution in [0, 0.1) is 0 Å². The van der Waals surface area contributed by atoms with Crippen LogP contribution >= 0.6 is 11.3 Å². The Morgan fingerprint density at radius 1 is 1.25 bits per heavy atom. The third kappa shape index (κ3) is 1.00. The van der Waals surface area contributed by atoms with Gasteiger partial charge in [0, 0.05) is 10.1 Å². The lowest BCUT2D eigenvalue weighted by atomic mass is 9.87. The van der Waals surface area contributed by atoms with Crippen molar-refractivity contribution in [3.05, 3.63) is 23.6 Å². The third-order valence-corrected chi connectivity index (χ3v) is 2.74. The number of hydrogen-bond donors (Lipinski definition) is 2. The van der Waals surface area contributed by atoms with Gasteiger partial charge in [-0.1, -0.05) is 6.07 Å². The first kappa shape index (κ1) is 7.64. The lowest BCUT2D eigenvalue weighted by Gasteiger charge is -1.99. The highest BCUT2D eigenvalue weighted by atomic mass is 32.1. The van der Waals surface area contributed by atoms with Gasteiger partial charge >= 0.3 is 7.48 Å². The molecule has 1 aromatic carbocycles. The van der Waals surface area contributed by atoms with Gasteiger partial charge in [0.05, 0.1) is 0 Å². The Morgan fingerprint density at radius 2 is 2.08 bits per heavy atom. The van der Waals surface area contributed by atoms with Gasteiger partial charge in [0.25, 0.3) is 0 Å². The monoisotopic (exact) mass is 178 g/mol. The topological polar surface area (TPSA) is 40.5 Å². The average Bonchev–Trinajstić information content (AvgIpc) is 2.53. The highest BCUT2D eigenvalue weighted by molar-refractivity contribution is 7.17. The molecule has 0 aliphatic carbocycles. The number of aromatic hydroxyl groups is 1. The summed E-state index contributed by atoms with van der Waals surface area (Å²) < 4.78 is 1.05. The largest absolute Gasteiger partial charge is 0.508 e. The average molecular weight is 178 g/mol. The van der Waals surface area contributed by atoms with E-state index in [0.717, 1.165) is 10.1 Å². The SMILES string of the molecule is OBc1ccc2sccc2c1O. The van der Waals surface area contributed by atoms with Gasteiger partial charge in [0.15, 0.2) is 0 Å². The molecule has 0 atom stereocenters. The number of hydrogen-bond acceptors (Lipinski definition) is 3. The van der Waals surface area contributed by atoms with Crippen LogP contribution in [0.4, 0.5) is 0 Å². The summed E-state index contributed by atoms with van der Waals surface area (Å²) in [4.78, 5) is 0. The van der Waals surface area contributed by atoms with Gasteiger partial charge in [-0.15, -0.1) is 11.3 Å². The van der Waals surface area contributed by atoms with E-state index in [1.165, 1.54) is 0 Å². The van der Waals surface area contributed by atoms with Gasteiger partial charge in [-0.2, -0.15) is 0 Å². The Balaban J connectivity index is 2.78. The van der Waals surface area contributed by atoms with Crippen molar-refractivity contribution < 1.29 is 10.1 Å². The molecule has 0 saturated heterocycles. The predicted octanol–water partition coefficient (Wildman–Crippen LogP) is 0.576. The maximum absolute atomic E-state index is 9.59. The van der Waals surface area contributed by atoms with Crippen LogP contribution in [-0.4, -0.2) is 17.6 Å². The summed E-state index contributed by atoms with van der Waals surface area (Å²) in [6.07, 6.45) is 0. The van der Waals surface area contributed by atoms with E-state index in [9.17, 15) is 5.11 Å². The van der Waals surface area contributed by atoms with Crippen molar-refractivity contribution in [2.45, 2.75) is 0 Å². The molecule has 0 aliphatic heterocycles. The molecule has 0 spiro atoms. The standard InChI is InChI=1S/C8H7BO2S/c10-8-5-3-4-12-7(5)2-1-6(8)9-11/h1-4,9-11H. The molecular weight excluding hydrogens is 171 g/mol. The smallest absolute Gasteiger partial charge is 0.308 e. The summed E-state index contributed by atoms with van der Waals surface area (Å²) in [5.41, 5.74) is 0.584. The van der Waals surface area contributed by atoms with Gasteiger partial charge in [-0.3, -0.25) is 0 Å². The lowest BCUT2D eigenvalue weighted by Crippen LogP contribution is -2.13. The summed E-state index contributed by atoms with van der Waals surface area (Å²) in [5, 5.41) is 21.2. The number of phenols is 1. The Morgan fingerprint density at radius 3 is 2.83 bits per heavy atom. The van der Waals surface area contributed by atoms with E-state index in [0.29, 0.717) is 5.46 Å². The van der Waals surface area contributed by atoms with Crippen LogP contribution in [0.2, 0.25) is 0 Å². The van der Waals surface area contributed by atoms with Gasteiger partial charge < -0.3 is 10.1 Å². The van der Waals surface area contributed by atoms with Gasteiger partial charge in [-0.05, 0) is 23.0 Å². The normalized spacial score (nSPS) is 10.4. The molecule has 1 heterocycles. The molecular formula is C8H7BO2S. The highest BCUT2D eigenvalue weighted by Crippen LogP contribution is 2.26. The van der Waals surface area contributed by atoms with Gasteiger partial charge in [-0.25, -0.2) is 0 Å². The number of thiophene rings is 1. The molecule has 2 rings (SSSR count). The van der Waals surface area contributed by atoms with Crippen LogP contribution in [0.25, 0.3) is 10.1 Å². The number of rotatable bonds is 1. The molecule has 0 bridgehead atoms. The number of fused-ring (bicyclic) bond motifs is 1. The summed E-state index contributed by atoms with van der Waals surface area (Å²) >= 11 is 1.58. The van der Waals surface area contributed by atoms with Crippen molar-refractivity contribution in [2.75, 3.05) is 0 Å². The van der Waals surface area contributed by atoms with E-state index in [2.05, 4.69) is 0 Å². The molecule has 0 unspecified atom stereocenters. The van der Waals surface area contributed by atoms with Crippen molar-refractivity contribution in [1.82, 2.24) is 0 Å². The molecule has 2 nitrogen and oxygen atoms in total. The number of phenolic OH excluding ortho intramolecular Hbond substituents is 1. The number of benzene rings is 1.